The maximum atomic E-state index is 14.0. The first-order valence-electron chi connectivity index (χ1n) is 13.5. The summed E-state index contributed by atoms with van der Waals surface area (Å²) in [5.74, 6) is -2.41. The van der Waals surface area contributed by atoms with E-state index in [2.05, 4.69) is 28.1 Å². The quantitative estimate of drug-likeness (QED) is 0.0655. The topological polar surface area (TPSA) is 147 Å². The number of thiazole rings is 1. The van der Waals surface area contributed by atoms with Gasteiger partial charge in [0.25, 0.3) is 11.8 Å². The lowest BCUT2D eigenvalue weighted by molar-refractivity contribution is -0.150. The van der Waals surface area contributed by atoms with Crippen molar-refractivity contribution in [3.63, 3.8) is 0 Å². The van der Waals surface area contributed by atoms with Crippen molar-refractivity contribution in [3.8, 4) is 0 Å². The van der Waals surface area contributed by atoms with E-state index in [0.29, 0.717) is 0 Å². The molecule has 4 aromatic rings. The van der Waals surface area contributed by atoms with Crippen LogP contribution in [0.2, 0.25) is 4.34 Å². The summed E-state index contributed by atoms with van der Waals surface area (Å²) in [5.41, 5.74) is 6.27. The number of β-lactam (4-membered cyclic amide) rings is 1. The van der Waals surface area contributed by atoms with Gasteiger partial charge in [-0.25, -0.2) is 9.78 Å². The number of nitrogens with one attached hydrogen (secondary N) is 1. The van der Waals surface area contributed by atoms with E-state index in [1.54, 1.807) is 0 Å². The third kappa shape index (κ3) is 5.56. The van der Waals surface area contributed by atoms with Crippen LogP contribution in [0.15, 0.2) is 107 Å². The Hall–Kier alpha value is -4.30. The average molecular weight is 678 g/mol. The first-order valence-corrected chi connectivity index (χ1v) is 16.2. The van der Waals surface area contributed by atoms with E-state index in [0.717, 1.165) is 32.9 Å². The molecule has 4 N–H and O–H groups in total. The maximum Gasteiger partial charge on any atom is 0.353 e. The molecule has 2 aliphatic heterocycles. The van der Waals surface area contributed by atoms with Crippen LogP contribution in [0.1, 0.15) is 22.4 Å². The number of hydrogen-bond acceptors (Lipinski definition) is 10. The molecule has 45 heavy (non-hydrogen) atoms. The van der Waals surface area contributed by atoms with E-state index in [4.69, 9.17) is 22.2 Å². The zero-order valence-electron chi connectivity index (χ0n) is 23.2. The molecule has 0 aliphatic carbocycles. The number of thiol groups is 1. The molecule has 1 fully saturated rings. The van der Waals surface area contributed by atoms with Crippen LogP contribution in [0.4, 0.5) is 5.13 Å². The molecule has 10 nitrogen and oxygen atoms in total. The summed E-state index contributed by atoms with van der Waals surface area (Å²) >= 11 is 13.0. The minimum atomic E-state index is -1.32. The molecule has 14 heteroatoms. The van der Waals surface area contributed by atoms with Crippen molar-refractivity contribution in [2.45, 2.75) is 17.0 Å². The molecule has 0 radical (unpaired) electrons. The number of rotatable bonds is 9. The minimum absolute atomic E-state index is 0.0246. The number of nitrogens with zero attached hydrogens (tertiary/aromatic N) is 3. The first-order chi connectivity index (χ1) is 21.7. The van der Waals surface area contributed by atoms with Crippen molar-refractivity contribution in [2.24, 2.45) is 5.16 Å². The van der Waals surface area contributed by atoms with Crippen LogP contribution >= 0.6 is 47.3 Å². The van der Waals surface area contributed by atoms with Crippen LogP contribution in [0.3, 0.4) is 0 Å². The second-order valence-corrected chi connectivity index (χ2v) is 13.2. The van der Waals surface area contributed by atoms with E-state index in [1.807, 2.05) is 91.0 Å². The Morgan fingerprint density at radius 2 is 1.56 bits per heavy atom. The molecule has 228 valence electrons. The fourth-order valence-corrected chi connectivity index (χ4v) is 7.82. The lowest BCUT2D eigenvalue weighted by Crippen LogP contribution is -2.71. The standard InChI is InChI=1S/C31H24ClN5O5S3/c32-25-21(35-30(33)45-25)22(26(38)34-23-27(39)37-24(29(40)41)20(43)16-44-28(23)37)36-42-31(17-10-4-1-5-11-17,18-12-6-2-7-13-18)19-14-8-3-9-15-19/h1-15,23,28,43H,16H2,(H2,33,35)(H,34,38)(H,40,41)/b36-22-/t23-,28-/m1/s1. The number of carbonyl (C=O) groups is 3. The van der Waals surface area contributed by atoms with Crippen LogP contribution in [-0.2, 0) is 24.8 Å². The predicted molar refractivity (Wildman–Crippen MR) is 177 cm³/mol. The SMILES string of the molecule is Nc1nc(/C(=N/OC(c2ccccc2)(c2ccccc2)c2ccccc2)C(=O)N[C@@H]2C(=O)N3C(C(=O)O)=C(S)CS[C@H]23)c(Cl)s1. The van der Waals surface area contributed by atoms with Gasteiger partial charge in [0, 0.05) is 27.3 Å². The predicted octanol–water partition coefficient (Wildman–Crippen LogP) is 4.72. The molecular weight excluding hydrogens is 654 g/mol. The van der Waals surface area contributed by atoms with Gasteiger partial charge in [0.2, 0.25) is 5.60 Å². The lowest BCUT2D eigenvalue weighted by atomic mass is 9.80. The number of halogens is 1. The third-order valence-corrected chi connectivity index (χ3v) is 10.2. The normalized spacial score (nSPS) is 18.2. The monoisotopic (exact) mass is 677 g/mol. The number of amides is 2. The molecule has 2 aliphatic rings. The van der Waals surface area contributed by atoms with Crippen LogP contribution in [0.5, 0.6) is 0 Å². The highest BCUT2D eigenvalue weighted by Gasteiger charge is 2.54. The van der Waals surface area contributed by atoms with Crippen molar-refractivity contribution in [3.05, 3.63) is 128 Å². The molecule has 2 amide bonds. The summed E-state index contributed by atoms with van der Waals surface area (Å²) in [7, 11) is 0. The Labute approximate surface area is 276 Å². The van der Waals surface area contributed by atoms with Gasteiger partial charge in [0.05, 0.1) is 0 Å². The minimum Gasteiger partial charge on any atom is -0.477 e. The van der Waals surface area contributed by atoms with Crippen molar-refractivity contribution in [1.29, 1.82) is 0 Å². The number of oxime groups is 1. The van der Waals surface area contributed by atoms with Gasteiger partial charge in [-0.2, -0.15) is 0 Å². The maximum absolute atomic E-state index is 14.0. The van der Waals surface area contributed by atoms with Gasteiger partial charge in [0.1, 0.15) is 27.1 Å². The summed E-state index contributed by atoms with van der Waals surface area (Å²) in [5, 5.41) is 16.2. The Morgan fingerprint density at radius 3 is 2.02 bits per heavy atom. The zero-order chi connectivity index (χ0) is 31.7. The fourth-order valence-electron chi connectivity index (χ4n) is 5.26. The van der Waals surface area contributed by atoms with Gasteiger partial charge in [-0.1, -0.05) is 119 Å². The highest BCUT2D eigenvalue weighted by Crippen LogP contribution is 2.42. The van der Waals surface area contributed by atoms with E-state index in [-0.39, 0.29) is 37.2 Å². The number of carboxylic acid groups (broad SMARTS) is 1. The third-order valence-electron chi connectivity index (χ3n) is 7.29. The van der Waals surface area contributed by atoms with E-state index >= 15 is 0 Å². The Bertz CT molecular complexity index is 1740. The molecule has 0 unspecified atom stereocenters. The van der Waals surface area contributed by atoms with E-state index in [1.165, 1.54) is 11.8 Å². The van der Waals surface area contributed by atoms with Gasteiger partial charge in [-0.15, -0.1) is 24.4 Å². The average Bonchev–Trinajstić information content (AvgIpc) is 3.39. The number of fused-ring (bicyclic) bond motifs is 1. The van der Waals surface area contributed by atoms with Gasteiger partial charge in [-0.05, 0) is 0 Å². The van der Waals surface area contributed by atoms with Crippen molar-refractivity contribution < 1.29 is 24.3 Å². The van der Waals surface area contributed by atoms with Crippen molar-refractivity contribution in [1.82, 2.24) is 15.2 Å². The highest BCUT2D eigenvalue weighted by atomic mass is 35.5. The summed E-state index contributed by atoms with van der Waals surface area (Å²) in [4.78, 5) is 51.1. The van der Waals surface area contributed by atoms with Crippen molar-refractivity contribution in [2.75, 3.05) is 11.5 Å². The molecule has 1 saturated heterocycles. The van der Waals surface area contributed by atoms with Crippen LogP contribution < -0.4 is 11.1 Å². The Balaban J connectivity index is 1.43. The van der Waals surface area contributed by atoms with Crippen LogP contribution in [-0.4, -0.2) is 55.7 Å². The number of aromatic nitrogens is 1. The number of nitrogens with two attached hydrogens (primary N) is 1. The summed E-state index contributed by atoms with van der Waals surface area (Å²) < 4.78 is 0.0964. The van der Waals surface area contributed by atoms with Crippen LogP contribution in [0, 0.1) is 0 Å². The molecule has 3 aromatic carbocycles. The number of hydrogen-bond donors (Lipinski definition) is 4. The molecule has 1 aromatic heterocycles. The number of aliphatic carboxylic acids is 1. The molecule has 6 rings (SSSR count). The molecular formula is C31H24ClN5O5S3. The number of benzene rings is 3. The highest BCUT2D eigenvalue weighted by molar-refractivity contribution is 8.01. The summed E-state index contributed by atoms with van der Waals surface area (Å²) in [6.07, 6.45) is 0. The van der Waals surface area contributed by atoms with E-state index in [9.17, 15) is 19.5 Å². The lowest BCUT2D eigenvalue weighted by Gasteiger charge is -2.48. The molecule has 0 saturated carbocycles. The second-order valence-electron chi connectivity index (χ2n) is 9.95. The number of carboxylic acids is 1. The van der Waals surface area contributed by atoms with Gasteiger partial charge in [-0.3, -0.25) is 14.5 Å². The van der Waals surface area contributed by atoms with E-state index < -0.39 is 34.8 Å². The van der Waals surface area contributed by atoms with Crippen molar-refractivity contribution >= 4 is 76.0 Å². The Kier molecular flexibility index (Phi) is 8.60. The summed E-state index contributed by atoms with van der Waals surface area (Å²) in [6, 6.07) is 27.2. The van der Waals surface area contributed by atoms with Crippen LogP contribution in [0.25, 0.3) is 0 Å². The number of anilines is 1. The number of nitrogen functional groups attached to an aromatic ring is 1. The smallest absolute Gasteiger partial charge is 0.353 e. The number of carbonyl (C=O) groups excluding carboxylic acids is 2. The molecule has 3 heterocycles. The van der Waals surface area contributed by atoms with Gasteiger partial charge < -0.3 is 21.0 Å². The molecule has 0 spiro atoms. The zero-order valence-corrected chi connectivity index (χ0v) is 26.4. The first kappa shape index (κ1) is 30.7. The number of thioether (sulfide) groups is 1. The van der Waals surface area contributed by atoms with Gasteiger partial charge in [0.15, 0.2) is 10.8 Å². The van der Waals surface area contributed by atoms with Gasteiger partial charge >= 0.3 is 5.97 Å². The fraction of sp³-hybridized carbons (Fsp3) is 0.129. The summed E-state index contributed by atoms with van der Waals surface area (Å²) in [6.45, 7) is 0. The largest absolute Gasteiger partial charge is 0.477 e. The molecule has 2 atom stereocenters. The molecule has 0 bridgehead atoms. The Morgan fingerprint density at radius 1 is 1.02 bits per heavy atom. The second kappa shape index (κ2) is 12.6.